The molecular formula is C13H19N3O4. The van der Waals surface area contributed by atoms with Gasteiger partial charge >= 0.3 is 5.97 Å². The van der Waals surface area contributed by atoms with Crippen LogP contribution in [0.15, 0.2) is 4.79 Å². The molecule has 0 aliphatic rings. The summed E-state index contributed by atoms with van der Waals surface area (Å²) in [6.45, 7) is 6.93. The molecule has 7 nitrogen and oxygen atoms in total. The van der Waals surface area contributed by atoms with Gasteiger partial charge in [-0.2, -0.15) is 0 Å². The molecule has 0 aliphatic heterocycles. The zero-order valence-electron chi connectivity index (χ0n) is 12.0. The van der Waals surface area contributed by atoms with Crippen LogP contribution in [-0.2, 0) is 4.79 Å². The van der Waals surface area contributed by atoms with Crippen LogP contribution < -0.4 is 10.9 Å². The van der Waals surface area contributed by atoms with E-state index in [1.807, 2.05) is 13.8 Å². The maximum absolute atomic E-state index is 12.0. The lowest BCUT2D eigenvalue weighted by Crippen LogP contribution is -2.42. The van der Waals surface area contributed by atoms with Crippen molar-refractivity contribution >= 4 is 11.9 Å². The first-order valence-electron chi connectivity index (χ1n) is 6.42. The van der Waals surface area contributed by atoms with Gasteiger partial charge in [0.05, 0.1) is 5.69 Å². The number of carboxylic acids is 1. The number of carbonyl (C=O) groups excluding carboxylic acids is 1. The molecular weight excluding hydrogens is 262 g/mol. The molecule has 0 aromatic carbocycles. The van der Waals surface area contributed by atoms with Crippen LogP contribution in [0.25, 0.3) is 0 Å². The summed E-state index contributed by atoms with van der Waals surface area (Å²) in [7, 11) is 0. The van der Waals surface area contributed by atoms with Crippen molar-refractivity contribution in [1.82, 2.24) is 15.3 Å². The third-order valence-electron chi connectivity index (χ3n) is 2.90. The van der Waals surface area contributed by atoms with Crippen molar-refractivity contribution in [3.63, 3.8) is 0 Å². The van der Waals surface area contributed by atoms with Gasteiger partial charge in [0.2, 0.25) is 0 Å². The van der Waals surface area contributed by atoms with Gasteiger partial charge < -0.3 is 15.4 Å². The van der Waals surface area contributed by atoms with E-state index in [0.717, 1.165) is 0 Å². The van der Waals surface area contributed by atoms with E-state index < -0.39 is 23.5 Å². The van der Waals surface area contributed by atoms with Gasteiger partial charge in [0.15, 0.2) is 0 Å². The lowest BCUT2D eigenvalue weighted by Gasteiger charge is -2.13. The predicted molar refractivity (Wildman–Crippen MR) is 72.9 cm³/mol. The van der Waals surface area contributed by atoms with E-state index in [1.54, 1.807) is 13.8 Å². The highest BCUT2D eigenvalue weighted by Gasteiger charge is 2.22. The summed E-state index contributed by atoms with van der Waals surface area (Å²) in [5.74, 6) is -1.34. The third-order valence-corrected chi connectivity index (χ3v) is 2.90. The third kappa shape index (κ3) is 3.43. The molecule has 1 amide bonds. The van der Waals surface area contributed by atoms with Gasteiger partial charge in [-0.15, -0.1) is 0 Å². The van der Waals surface area contributed by atoms with Gasteiger partial charge in [-0.1, -0.05) is 20.8 Å². The Labute approximate surface area is 116 Å². The number of H-pyrrole nitrogens is 1. The molecule has 0 radical (unpaired) electrons. The van der Waals surface area contributed by atoms with Gasteiger partial charge in [0, 0.05) is 5.92 Å². The Morgan fingerprint density at radius 1 is 1.40 bits per heavy atom. The number of aromatic nitrogens is 2. The number of hydrogen-bond donors (Lipinski definition) is 3. The fourth-order valence-corrected chi connectivity index (χ4v) is 1.72. The lowest BCUT2D eigenvalue weighted by molar-refractivity contribution is -0.139. The molecule has 1 aromatic rings. The van der Waals surface area contributed by atoms with Crippen LogP contribution in [0, 0.1) is 6.92 Å². The molecule has 0 bridgehead atoms. The molecule has 1 rings (SSSR count). The van der Waals surface area contributed by atoms with Crippen LogP contribution in [0.4, 0.5) is 0 Å². The normalized spacial score (nSPS) is 12.2. The van der Waals surface area contributed by atoms with Crippen molar-refractivity contribution in [1.29, 1.82) is 0 Å². The van der Waals surface area contributed by atoms with E-state index >= 15 is 0 Å². The Balaban J connectivity index is 3.11. The van der Waals surface area contributed by atoms with Crippen LogP contribution in [0.1, 0.15) is 55.0 Å². The zero-order valence-corrected chi connectivity index (χ0v) is 12.0. The number of aliphatic carboxylic acids is 1. The predicted octanol–water partition coefficient (Wildman–Crippen LogP) is 0.795. The minimum Gasteiger partial charge on any atom is -0.480 e. The topological polar surface area (TPSA) is 112 Å². The molecule has 0 saturated carbocycles. The molecule has 0 spiro atoms. The molecule has 0 fully saturated rings. The van der Waals surface area contributed by atoms with Crippen molar-refractivity contribution in [2.75, 3.05) is 0 Å². The second-order valence-electron chi connectivity index (χ2n) is 4.84. The number of carboxylic acid groups (broad SMARTS) is 1. The second kappa shape index (κ2) is 6.31. The summed E-state index contributed by atoms with van der Waals surface area (Å²) in [6, 6.07) is -1.02. The van der Waals surface area contributed by atoms with Crippen molar-refractivity contribution in [2.45, 2.75) is 46.1 Å². The van der Waals surface area contributed by atoms with Gasteiger partial charge in [-0.25, -0.2) is 9.78 Å². The van der Waals surface area contributed by atoms with Crippen LogP contribution in [0.3, 0.4) is 0 Å². The minimum absolute atomic E-state index is 0.0286. The monoisotopic (exact) mass is 281 g/mol. The molecule has 0 unspecified atom stereocenters. The summed E-state index contributed by atoms with van der Waals surface area (Å²) in [4.78, 5) is 41.6. The van der Waals surface area contributed by atoms with Crippen LogP contribution in [-0.4, -0.2) is 33.0 Å². The number of rotatable bonds is 5. The van der Waals surface area contributed by atoms with E-state index in [9.17, 15) is 14.4 Å². The SMILES string of the molecule is CC[C@@H](NC(=O)c1c(C)nc(C(C)C)[nH]c1=O)C(=O)O. The second-order valence-corrected chi connectivity index (χ2v) is 4.84. The molecule has 0 aliphatic carbocycles. The van der Waals surface area contributed by atoms with Gasteiger partial charge in [0.25, 0.3) is 11.5 Å². The molecule has 3 N–H and O–H groups in total. The molecule has 1 atom stereocenters. The van der Waals surface area contributed by atoms with Crippen molar-refractivity contribution in [2.24, 2.45) is 0 Å². The lowest BCUT2D eigenvalue weighted by atomic mass is 10.1. The summed E-state index contributed by atoms with van der Waals surface area (Å²) in [5, 5.41) is 11.2. The number of aromatic amines is 1. The molecule has 20 heavy (non-hydrogen) atoms. The Morgan fingerprint density at radius 2 is 2.00 bits per heavy atom. The zero-order chi connectivity index (χ0) is 15.4. The molecule has 1 heterocycles. The number of aryl methyl sites for hydroxylation is 1. The maximum atomic E-state index is 12.0. The fraction of sp³-hybridized carbons (Fsp3) is 0.538. The van der Waals surface area contributed by atoms with E-state index in [1.165, 1.54) is 0 Å². The van der Waals surface area contributed by atoms with Crippen LogP contribution in [0.5, 0.6) is 0 Å². The average molecular weight is 281 g/mol. The molecule has 7 heteroatoms. The Kier molecular flexibility index (Phi) is 5.01. The summed E-state index contributed by atoms with van der Waals surface area (Å²) < 4.78 is 0. The highest BCUT2D eigenvalue weighted by Crippen LogP contribution is 2.09. The minimum atomic E-state index is -1.14. The molecule has 1 aromatic heterocycles. The first-order valence-corrected chi connectivity index (χ1v) is 6.42. The van der Waals surface area contributed by atoms with Gasteiger partial charge in [0.1, 0.15) is 17.4 Å². The fourth-order valence-electron chi connectivity index (χ4n) is 1.72. The van der Waals surface area contributed by atoms with E-state index in [-0.39, 0.29) is 23.6 Å². The van der Waals surface area contributed by atoms with Crippen molar-refractivity contribution < 1.29 is 14.7 Å². The summed E-state index contributed by atoms with van der Waals surface area (Å²) in [6.07, 6.45) is 0.232. The van der Waals surface area contributed by atoms with Crippen molar-refractivity contribution in [3.8, 4) is 0 Å². The van der Waals surface area contributed by atoms with E-state index in [0.29, 0.717) is 5.82 Å². The maximum Gasteiger partial charge on any atom is 0.326 e. The first-order chi connectivity index (χ1) is 9.27. The highest BCUT2D eigenvalue weighted by molar-refractivity contribution is 5.97. The van der Waals surface area contributed by atoms with Crippen LogP contribution in [0.2, 0.25) is 0 Å². The Bertz CT molecular complexity index is 577. The highest BCUT2D eigenvalue weighted by atomic mass is 16.4. The number of nitrogens with one attached hydrogen (secondary N) is 2. The van der Waals surface area contributed by atoms with Crippen molar-refractivity contribution in [3.05, 3.63) is 27.4 Å². The summed E-state index contributed by atoms with van der Waals surface area (Å²) in [5.41, 5.74) is -0.414. The van der Waals surface area contributed by atoms with Gasteiger partial charge in [-0.3, -0.25) is 9.59 Å². The average Bonchev–Trinajstić information content (AvgIpc) is 2.34. The number of carbonyl (C=O) groups is 2. The Hall–Kier alpha value is -2.18. The smallest absolute Gasteiger partial charge is 0.326 e. The van der Waals surface area contributed by atoms with E-state index in [4.69, 9.17) is 5.11 Å². The van der Waals surface area contributed by atoms with E-state index in [2.05, 4.69) is 15.3 Å². The quantitative estimate of drug-likeness (QED) is 0.738. The first kappa shape index (κ1) is 15.9. The number of nitrogens with zero attached hydrogens (tertiary/aromatic N) is 1. The standard InChI is InChI=1S/C13H19N3O4/c1-5-8(13(19)20)15-11(17)9-7(4)14-10(6(2)3)16-12(9)18/h6,8H,5H2,1-4H3,(H,15,17)(H,19,20)(H,14,16,18)/t8-/m1/s1. The largest absolute Gasteiger partial charge is 0.480 e. The summed E-state index contributed by atoms with van der Waals surface area (Å²) >= 11 is 0. The Morgan fingerprint density at radius 3 is 2.40 bits per heavy atom. The van der Waals surface area contributed by atoms with Crippen LogP contribution >= 0.6 is 0 Å². The number of hydrogen-bond acceptors (Lipinski definition) is 4. The molecule has 110 valence electrons. The number of amides is 1. The molecule has 0 saturated heterocycles. The van der Waals surface area contributed by atoms with Gasteiger partial charge in [-0.05, 0) is 13.3 Å².